The van der Waals surface area contributed by atoms with Gasteiger partial charge < -0.3 is 15.5 Å². The van der Waals surface area contributed by atoms with Crippen molar-refractivity contribution in [3.8, 4) is 0 Å². The normalized spacial score (nSPS) is 10.8. The minimum absolute atomic E-state index is 0.174. The van der Waals surface area contributed by atoms with Crippen LogP contribution >= 0.6 is 11.6 Å². The number of hydrogen-bond donors (Lipinski definition) is 2. The predicted octanol–water partition coefficient (Wildman–Crippen LogP) is 2.77. The fourth-order valence-corrected chi connectivity index (χ4v) is 2.68. The summed E-state index contributed by atoms with van der Waals surface area (Å²) in [5.74, 6) is 0.289. The second-order valence-corrected chi connectivity index (χ2v) is 6.87. The zero-order valence-electron chi connectivity index (χ0n) is 15.6. The molecule has 0 bridgehead atoms. The molecule has 2 N–H and O–H groups in total. The molecule has 0 aliphatic carbocycles. The Morgan fingerprint density at radius 2 is 2.00 bits per heavy atom. The lowest BCUT2D eigenvalue weighted by Crippen LogP contribution is -2.28. The number of nitrogens with zero attached hydrogens (tertiary/aromatic N) is 3. The average molecular weight is 376 g/mol. The molecule has 0 saturated carbocycles. The van der Waals surface area contributed by atoms with Gasteiger partial charge in [-0.05, 0) is 64.2 Å². The van der Waals surface area contributed by atoms with Gasteiger partial charge in [0.25, 0.3) is 5.91 Å². The number of benzene rings is 1. The zero-order valence-corrected chi connectivity index (χ0v) is 16.3. The van der Waals surface area contributed by atoms with Gasteiger partial charge in [-0.15, -0.1) is 0 Å². The third-order valence-corrected chi connectivity index (χ3v) is 3.98. The minimum Gasteiger partial charge on any atom is -0.354 e. The van der Waals surface area contributed by atoms with Crippen molar-refractivity contribution in [1.29, 1.82) is 0 Å². The quantitative estimate of drug-likeness (QED) is 0.659. The van der Waals surface area contributed by atoms with Crippen LogP contribution in [0.15, 0.2) is 30.3 Å². The van der Waals surface area contributed by atoms with E-state index >= 15 is 0 Å². The van der Waals surface area contributed by atoms with Gasteiger partial charge in [-0.3, -0.25) is 4.79 Å². The van der Waals surface area contributed by atoms with E-state index in [0.717, 1.165) is 35.7 Å². The molecule has 2 aromatic rings. The van der Waals surface area contributed by atoms with E-state index in [9.17, 15) is 4.79 Å². The maximum absolute atomic E-state index is 12.3. The Hall–Kier alpha value is -2.18. The summed E-state index contributed by atoms with van der Waals surface area (Å²) >= 11 is 5.99. The first kappa shape index (κ1) is 20.1. The highest BCUT2D eigenvalue weighted by Gasteiger charge is 2.10. The number of anilines is 1. The second kappa shape index (κ2) is 10.1. The molecule has 140 valence electrons. The molecule has 0 unspecified atom stereocenters. The van der Waals surface area contributed by atoms with Crippen molar-refractivity contribution in [2.75, 3.05) is 39.0 Å². The number of aromatic nitrogens is 2. The van der Waals surface area contributed by atoms with Crippen LogP contribution in [0.25, 0.3) is 0 Å². The largest absolute Gasteiger partial charge is 0.354 e. The smallest absolute Gasteiger partial charge is 0.270 e. The van der Waals surface area contributed by atoms with E-state index in [-0.39, 0.29) is 5.91 Å². The van der Waals surface area contributed by atoms with Gasteiger partial charge in [-0.25, -0.2) is 9.97 Å². The first-order valence-electron chi connectivity index (χ1n) is 8.71. The average Bonchev–Trinajstić information content (AvgIpc) is 2.58. The molecule has 0 saturated heterocycles. The molecular weight excluding hydrogens is 350 g/mol. The molecule has 0 atom stereocenters. The van der Waals surface area contributed by atoms with Gasteiger partial charge >= 0.3 is 0 Å². The number of aryl methyl sites for hydroxylation is 1. The fraction of sp³-hybridized carbons (Fsp3) is 0.421. The standard InChI is InChI=1S/C19H26ClN5O/c1-14-12-17(18(26)21-9-5-11-25(2)3)24-19(23-14)22-10-8-15-6-4-7-16(20)13-15/h4,6-7,12-13H,5,8-11H2,1-3H3,(H,21,26)(H,22,23,24). The Balaban J connectivity index is 1.88. The molecule has 1 amide bonds. The van der Waals surface area contributed by atoms with Gasteiger partial charge in [0.2, 0.25) is 5.95 Å². The lowest BCUT2D eigenvalue weighted by atomic mass is 10.1. The van der Waals surface area contributed by atoms with Crippen molar-refractivity contribution < 1.29 is 4.79 Å². The molecule has 1 heterocycles. The predicted molar refractivity (Wildman–Crippen MR) is 106 cm³/mol. The van der Waals surface area contributed by atoms with Crippen LogP contribution in [0.3, 0.4) is 0 Å². The third kappa shape index (κ3) is 6.98. The Labute approximate surface area is 160 Å². The second-order valence-electron chi connectivity index (χ2n) is 6.44. The topological polar surface area (TPSA) is 70.2 Å². The van der Waals surface area contributed by atoms with E-state index < -0.39 is 0 Å². The maximum Gasteiger partial charge on any atom is 0.270 e. The Kier molecular flexibility index (Phi) is 7.81. The van der Waals surface area contributed by atoms with Crippen molar-refractivity contribution in [1.82, 2.24) is 20.2 Å². The Bertz CT molecular complexity index is 736. The highest BCUT2D eigenvalue weighted by Crippen LogP contribution is 2.11. The number of hydrogen-bond acceptors (Lipinski definition) is 5. The molecule has 0 radical (unpaired) electrons. The first-order valence-corrected chi connectivity index (χ1v) is 9.09. The van der Waals surface area contributed by atoms with Crippen LogP contribution in [-0.4, -0.2) is 54.5 Å². The van der Waals surface area contributed by atoms with Gasteiger partial charge in [-0.1, -0.05) is 23.7 Å². The van der Waals surface area contributed by atoms with Gasteiger partial charge in [0.15, 0.2) is 0 Å². The van der Waals surface area contributed by atoms with Crippen molar-refractivity contribution >= 4 is 23.5 Å². The molecule has 2 rings (SSSR count). The molecule has 26 heavy (non-hydrogen) atoms. The number of halogens is 1. The highest BCUT2D eigenvalue weighted by atomic mass is 35.5. The van der Waals surface area contributed by atoms with E-state index in [2.05, 4.69) is 25.5 Å². The SMILES string of the molecule is Cc1cc(C(=O)NCCCN(C)C)nc(NCCc2cccc(Cl)c2)n1. The Morgan fingerprint density at radius 1 is 1.19 bits per heavy atom. The molecule has 0 fully saturated rings. The monoisotopic (exact) mass is 375 g/mol. The summed E-state index contributed by atoms with van der Waals surface area (Å²) in [6, 6.07) is 9.44. The molecule has 1 aromatic heterocycles. The van der Waals surface area contributed by atoms with E-state index in [1.165, 1.54) is 0 Å². The van der Waals surface area contributed by atoms with Crippen LogP contribution in [0.5, 0.6) is 0 Å². The molecule has 0 spiro atoms. The Morgan fingerprint density at radius 3 is 2.73 bits per heavy atom. The van der Waals surface area contributed by atoms with Crippen LogP contribution in [0.1, 0.15) is 28.2 Å². The third-order valence-electron chi connectivity index (χ3n) is 3.74. The van der Waals surface area contributed by atoms with E-state index in [4.69, 9.17) is 11.6 Å². The van der Waals surface area contributed by atoms with Crippen LogP contribution in [0, 0.1) is 6.92 Å². The summed E-state index contributed by atoms with van der Waals surface area (Å²) in [6.07, 6.45) is 1.69. The summed E-state index contributed by atoms with van der Waals surface area (Å²) in [6.45, 7) is 4.07. The zero-order chi connectivity index (χ0) is 18.9. The summed E-state index contributed by atoms with van der Waals surface area (Å²) < 4.78 is 0. The molecular formula is C19H26ClN5O. The van der Waals surface area contributed by atoms with E-state index in [1.54, 1.807) is 6.07 Å². The van der Waals surface area contributed by atoms with Gasteiger partial charge in [0.1, 0.15) is 5.69 Å². The van der Waals surface area contributed by atoms with Gasteiger partial charge in [0.05, 0.1) is 0 Å². The van der Waals surface area contributed by atoms with E-state index in [0.29, 0.717) is 24.7 Å². The summed E-state index contributed by atoms with van der Waals surface area (Å²) in [5, 5.41) is 6.80. The van der Waals surface area contributed by atoms with Gasteiger partial charge in [0, 0.05) is 23.8 Å². The lowest BCUT2D eigenvalue weighted by Gasteiger charge is -2.11. The van der Waals surface area contributed by atoms with Crippen LogP contribution in [-0.2, 0) is 6.42 Å². The van der Waals surface area contributed by atoms with Crippen LogP contribution in [0.4, 0.5) is 5.95 Å². The highest BCUT2D eigenvalue weighted by molar-refractivity contribution is 6.30. The summed E-state index contributed by atoms with van der Waals surface area (Å²) in [5.41, 5.74) is 2.27. The van der Waals surface area contributed by atoms with Crippen molar-refractivity contribution in [3.63, 3.8) is 0 Å². The number of rotatable bonds is 9. The van der Waals surface area contributed by atoms with Crippen molar-refractivity contribution in [2.24, 2.45) is 0 Å². The summed E-state index contributed by atoms with van der Waals surface area (Å²) in [7, 11) is 4.02. The van der Waals surface area contributed by atoms with Crippen LogP contribution < -0.4 is 10.6 Å². The minimum atomic E-state index is -0.174. The number of carbonyl (C=O) groups excluding carboxylic acids is 1. The number of nitrogens with one attached hydrogen (secondary N) is 2. The molecule has 1 aromatic carbocycles. The molecule has 6 nitrogen and oxygen atoms in total. The first-order chi connectivity index (χ1) is 12.4. The number of carbonyl (C=O) groups is 1. The van der Waals surface area contributed by atoms with Crippen LogP contribution in [0.2, 0.25) is 5.02 Å². The fourth-order valence-electron chi connectivity index (χ4n) is 2.46. The summed E-state index contributed by atoms with van der Waals surface area (Å²) in [4.78, 5) is 23.0. The molecule has 7 heteroatoms. The van der Waals surface area contributed by atoms with Gasteiger partial charge in [-0.2, -0.15) is 0 Å². The van der Waals surface area contributed by atoms with Crippen molar-refractivity contribution in [3.05, 3.63) is 52.3 Å². The lowest BCUT2D eigenvalue weighted by molar-refractivity contribution is 0.0947. The molecule has 0 aliphatic rings. The maximum atomic E-state index is 12.3. The van der Waals surface area contributed by atoms with E-state index in [1.807, 2.05) is 45.3 Å². The van der Waals surface area contributed by atoms with Crippen molar-refractivity contribution in [2.45, 2.75) is 19.8 Å². The number of amides is 1. The molecule has 0 aliphatic heterocycles.